The van der Waals surface area contributed by atoms with Gasteiger partial charge in [0.05, 0.1) is 6.42 Å². The van der Waals surface area contributed by atoms with Gasteiger partial charge >= 0.3 is 0 Å². The molecule has 1 aliphatic heterocycles. The van der Waals surface area contributed by atoms with E-state index in [1.54, 1.807) is 18.2 Å². The van der Waals surface area contributed by atoms with Crippen molar-refractivity contribution >= 4 is 5.91 Å². The van der Waals surface area contributed by atoms with Gasteiger partial charge in [0, 0.05) is 6.04 Å². The van der Waals surface area contributed by atoms with Crippen LogP contribution >= 0.6 is 0 Å². The number of carbonyl (C=O) groups excluding carboxylic acids is 1. The lowest BCUT2D eigenvalue weighted by Crippen LogP contribution is -2.48. The van der Waals surface area contributed by atoms with Crippen LogP contribution in [-0.4, -0.2) is 30.1 Å². The van der Waals surface area contributed by atoms with Crippen LogP contribution in [0.4, 0.5) is 0 Å². The predicted octanol–water partition coefficient (Wildman–Crippen LogP) is 1.05. The molecular formula is C14H20N2O2. The van der Waals surface area contributed by atoms with Crippen LogP contribution in [0.25, 0.3) is 0 Å². The third kappa shape index (κ3) is 3.47. The van der Waals surface area contributed by atoms with E-state index in [2.05, 4.69) is 17.6 Å². The van der Waals surface area contributed by atoms with E-state index in [-0.39, 0.29) is 17.7 Å². The van der Waals surface area contributed by atoms with Gasteiger partial charge in [-0.25, -0.2) is 0 Å². The minimum absolute atomic E-state index is 0.0272. The molecule has 1 aromatic carbocycles. The summed E-state index contributed by atoms with van der Waals surface area (Å²) in [5.74, 6) is 0.696. The van der Waals surface area contributed by atoms with Gasteiger partial charge in [0.25, 0.3) is 0 Å². The Morgan fingerprint density at radius 2 is 2.39 bits per heavy atom. The van der Waals surface area contributed by atoms with Gasteiger partial charge in [-0.2, -0.15) is 0 Å². The molecule has 1 saturated heterocycles. The molecule has 0 aliphatic carbocycles. The Balaban J connectivity index is 1.88. The zero-order valence-electron chi connectivity index (χ0n) is 10.6. The summed E-state index contributed by atoms with van der Waals surface area (Å²) >= 11 is 0. The average molecular weight is 248 g/mol. The second-order valence-corrected chi connectivity index (χ2v) is 4.99. The van der Waals surface area contributed by atoms with E-state index in [1.807, 2.05) is 6.07 Å². The van der Waals surface area contributed by atoms with Gasteiger partial charge in [-0.15, -0.1) is 0 Å². The highest BCUT2D eigenvalue weighted by atomic mass is 16.3. The monoisotopic (exact) mass is 248 g/mol. The summed E-state index contributed by atoms with van der Waals surface area (Å²) in [6.07, 6.45) is 1.30. The Morgan fingerprint density at radius 1 is 1.56 bits per heavy atom. The summed E-state index contributed by atoms with van der Waals surface area (Å²) in [6.45, 7) is 4.06. The molecule has 18 heavy (non-hydrogen) atoms. The summed E-state index contributed by atoms with van der Waals surface area (Å²) in [4.78, 5) is 11.9. The number of phenols is 1. The molecule has 98 valence electrons. The molecule has 3 N–H and O–H groups in total. The first-order valence-corrected chi connectivity index (χ1v) is 6.43. The summed E-state index contributed by atoms with van der Waals surface area (Å²) in [5, 5.41) is 15.7. The first kappa shape index (κ1) is 12.9. The number of aromatic hydroxyl groups is 1. The standard InChI is InChI=1S/C14H20N2O2/c1-10-9-15-6-5-13(10)16-14(18)8-11-3-2-4-12(17)7-11/h2-4,7,10,13,15,17H,5-6,8-9H2,1H3,(H,16,18). The molecule has 2 atom stereocenters. The molecule has 1 aliphatic rings. The second kappa shape index (κ2) is 5.87. The van der Waals surface area contributed by atoms with E-state index in [4.69, 9.17) is 0 Å². The fourth-order valence-electron chi connectivity index (χ4n) is 2.34. The maximum absolute atomic E-state index is 11.9. The summed E-state index contributed by atoms with van der Waals surface area (Å²) < 4.78 is 0. The number of amides is 1. The summed E-state index contributed by atoms with van der Waals surface area (Å²) in [6, 6.07) is 7.11. The van der Waals surface area contributed by atoms with Crippen molar-refractivity contribution in [3.63, 3.8) is 0 Å². The number of rotatable bonds is 3. The number of phenolic OH excluding ortho intramolecular Hbond substituents is 1. The number of hydrogen-bond donors (Lipinski definition) is 3. The Hall–Kier alpha value is -1.55. The van der Waals surface area contributed by atoms with E-state index in [1.165, 1.54) is 0 Å². The molecule has 4 heteroatoms. The Kier molecular flexibility index (Phi) is 4.20. The number of benzene rings is 1. The average Bonchev–Trinajstić information content (AvgIpc) is 2.32. The molecule has 2 rings (SSSR count). The molecule has 1 fully saturated rings. The zero-order chi connectivity index (χ0) is 13.0. The van der Waals surface area contributed by atoms with Gasteiger partial charge in [-0.05, 0) is 43.1 Å². The van der Waals surface area contributed by atoms with E-state index in [9.17, 15) is 9.90 Å². The minimum Gasteiger partial charge on any atom is -0.508 e. The highest BCUT2D eigenvalue weighted by Gasteiger charge is 2.22. The molecule has 0 spiro atoms. The first-order chi connectivity index (χ1) is 8.65. The number of nitrogens with one attached hydrogen (secondary N) is 2. The Morgan fingerprint density at radius 3 is 3.11 bits per heavy atom. The van der Waals surface area contributed by atoms with Crippen molar-refractivity contribution in [3.8, 4) is 5.75 Å². The largest absolute Gasteiger partial charge is 0.508 e. The molecule has 4 nitrogen and oxygen atoms in total. The molecule has 2 unspecified atom stereocenters. The van der Waals surface area contributed by atoms with E-state index in [0.29, 0.717) is 12.3 Å². The zero-order valence-corrected chi connectivity index (χ0v) is 10.6. The highest BCUT2D eigenvalue weighted by molar-refractivity contribution is 5.79. The molecule has 0 aromatic heterocycles. The predicted molar refractivity (Wildman–Crippen MR) is 70.4 cm³/mol. The van der Waals surface area contributed by atoms with E-state index >= 15 is 0 Å². The Labute approximate surface area is 107 Å². The van der Waals surface area contributed by atoms with E-state index in [0.717, 1.165) is 25.1 Å². The smallest absolute Gasteiger partial charge is 0.224 e. The van der Waals surface area contributed by atoms with Crippen molar-refractivity contribution in [3.05, 3.63) is 29.8 Å². The number of piperidine rings is 1. The lowest BCUT2D eigenvalue weighted by atomic mass is 9.95. The molecule has 0 bridgehead atoms. The SMILES string of the molecule is CC1CNCCC1NC(=O)Cc1cccc(O)c1. The highest BCUT2D eigenvalue weighted by Crippen LogP contribution is 2.13. The van der Waals surface area contributed by atoms with Gasteiger partial charge in [-0.1, -0.05) is 19.1 Å². The first-order valence-electron chi connectivity index (χ1n) is 6.43. The molecule has 1 heterocycles. The topological polar surface area (TPSA) is 61.4 Å². The quantitative estimate of drug-likeness (QED) is 0.749. The minimum atomic E-state index is 0.0272. The van der Waals surface area contributed by atoms with Gasteiger partial charge in [0.15, 0.2) is 0 Å². The fourth-order valence-corrected chi connectivity index (χ4v) is 2.34. The lowest BCUT2D eigenvalue weighted by Gasteiger charge is -2.30. The normalized spacial score (nSPS) is 23.6. The maximum atomic E-state index is 11.9. The van der Waals surface area contributed by atoms with Gasteiger partial charge in [0.1, 0.15) is 5.75 Å². The van der Waals surface area contributed by atoms with Crippen LogP contribution in [0.5, 0.6) is 5.75 Å². The van der Waals surface area contributed by atoms with Gasteiger partial charge in [-0.3, -0.25) is 4.79 Å². The lowest BCUT2D eigenvalue weighted by molar-refractivity contribution is -0.121. The molecule has 0 radical (unpaired) electrons. The van der Waals surface area contributed by atoms with Crippen LogP contribution in [0.2, 0.25) is 0 Å². The van der Waals surface area contributed by atoms with Crippen LogP contribution in [0, 0.1) is 5.92 Å². The van der Waals surface area contributed by atoms with Crippen molar-refractivity contribution in [1.29, 1.82) is 0 Å². The van der Waals surface area contributed by atoms with E-state index < -0.39 is 0 Å². The van der Waals surface area contributed by atoms with Crippen LogP contribution in [-0.2, 0) is 11.2 Å². The maximum Gasteiger partial charge on any atom is 0.224 e. The van der Waals surface area contributed by atoms with Crippen molar-refractivity contribution in [2.75, 3.05) is 13.1 Å². The van der Waals surface area contributed by atoms with Crippen LogP contribution in [0.3, 0.4) is 0 Å². The molecule has 1 amide bonds. The molecule has 0 saturated carbocycles. The Bertz CT molecular complexity index is 420. The van der Waals surface area contributed by atoms with Crippen molar-refractivity contribution in [2.45, 2.75) is 25.8 Å². The third-order valence-electron chi connectivity index (χ3n) is 3.41. The van der Waals surface area contributed by atoms with Gasteiger partial charge < -0.3 is 15.7 Å². The number of carbonyl (C=O) groups is 1. The number of hydrogen-bond acceptors (Lipinski definition) is 3. The van der Waals surface area contributed by atoms with Crippen molar-refractivity contribution in [2.24, 2.45) is 5.92 Å². The van der Waals surface area contributed by atoms with Crippen LogP contribution in [0.15, 0.2) is 24.3 Å². The van der Waals surface area contributed by atoms with Crippen molar-refractivity contribution in [1.82, 2.24) is 10.6 Å². The fraction of sp³-hybridized carbons (Fsp3) is 0.500. The summed E-state index contributed by atoms with van der Waals surface area (Å²) in [5.41, 5.74) is 0.842. The molecule has 1 aromatic rings. The van der Waals surface area contributed by atoms with Crippen LogP contribution < -0.4 is 10.6 Å². The third-order valence-corrected chi connectivity index (χ3v) is 3.41. The van der Waals surface area contributed by atoms with Crippen LogP contribution in [0.1, 0.15) is 18.9 Å². The summed E-state index contributed by atoms with van der Waals surface area (Å²) in [7, 11) is 0. The second-order valence-electron chi connectivity index (χ2n) is 4.99. The van der Waals surface area contributed by atoms with Crippen molar-refractivity contribution < 1.29 is 9.90 Å². The van der Waals surface area contributed by atoms with Gasteiger partial charge in [0.2, 0.25) is 5.91 Å². The molecular weight excluding hydrogens is 228 g/mol.